The van der Waals surface area contributed by atoms with E-state index in [1.807, 2.05) is 26.0 Å². The van der Waals surface area contributed by atoms with Crippen molar-refractivity contribution < 1.29 is 28.5 Å². The summed E-state index contributed by atoms with van der Waals surface area (Å²) in [6.45, 7) is 10.8. The standard InChI is InChI=1S/C37H59NO6/c1-7-10-11-12-13-14-15-16-17-18-19-20-21-23-30-24-22-25-31(44-27-26-41-6)34(30)35-32(36(39)42-8-2)28(4)38-29(5)33(35)37(40)43-9-3/h22,24-25,35,38H,7-21,23,26-27H2,1-6H3. The van der Waals surface area contributed by atoms with Crippen LogP contribution in [0.3, 0.4) is 0 Å². The van der Waals surface area contributed by atoms with E-state index < -0.39 is 17.9 Å². The van der Waals surface area contributed by atoms with Gasteiger partial charge in [0.05, 0.1) is 36.9 Å². The molecule has 0 spiro atoms. The molecule has 248 valence electrons. The maximum atomic E-state index is 13.4. The first-order valence-electron chi connectivity index (χ1n) is 17.2. The number of nitrogens with one attached hydrogen (secondary N) is 1. The Morgan fingerprint density at radius 2 is 1.20 bits per heavy atom. The van der Waals surface area contributed by atoms with E-state index in [1.165, 1.54) is 70.6 Å². The zero-order chi connectivity index (χ0) is 32.2. The van der Waals surface area contributed by atoms with Crippen molar-refractivity contribution in [3.63, 3.8) is 0 Å². The number of carbonyl (C=O) groups excluding carboxylic acids is 2. The first-order valence-corrected chi connectivity index (χ1v) is 17.2. The largest absolute Gasteiger partial charge is 0.491 e. The van der Waals surface area contributed by atoms with Crippen LogP contribution in [0.25, 0.3) is 0 Å². The van der Waals surface area contributed by atoms with Crippen molar-refractivity contribution in [2.75, 3.05) is 33.5 Å². The van der Waals surface area contributed by atoms with E-state index in [-0.39, 0.29) is 13.2 Å². The Labute approximate surface area is 267 Å². The number of rotatable bonds is 23. The van der Waals surface area contributed by atoms with Crippen LogP contribution in [0.5, 0.6) is 5.75 Å². The van der Waals surface area contributed by atoms with E-state index in [0.717, 1.165) is 30.4 Å². The van der Waals surface area contributed by atoms with E-state index in [1.54, 1.807) is 21.0 Å². The highest BCUT2D eigenvalue weighted by molar-refractivity contribution is 6.00. The first kappa shape index (κ1) is 37.4. The molecule has 2 rings (SSSR count). The zero-order valence-corrected chi connectivity index (χ0v) is 28.5. The topological polar surface area (TPSA) is 83.1 Å². The molecule has 1 aromatic carbocycles. The van der Waals surface area contributed by atoms with Gasteiger partial charge in [-0.1, -0.05) is 96.1 Å². The van der Waals surface area contributed by atoms with Crippen LogP contribution >= 0.6 is 0 Å². The smallest absolute Gasteiger partial charge is 0.336 e. The lowest BCUT2D eigenvalue weighted by molar-refractivity contribution is -0.139. The molecular formula is C37H59NO6. The van der Waals surface area contributed by atoms with Gasteiger partial charge in [-0.3, -0.25) is 0 Å². The van der Waals surface area contributed by atoms with Gasteiger partial charge in [0.2, 0.25) is 0 Å². The molecule has 7 heteroatoms. The number of esters is 2. The molecule has 0 aromatic heterocycles. The fourth-order valence-electron chi connectivity index (χ4n) is 6.07. The summed E-state index contributed by atoms with van der Waals surface area (Å²) in [7, 11) is 1.64. The van der Waals surface area contributed by atoms with E-state index in [0.29, 0.717) is 41.5 Å². The molecule has 0 saturated heterocycles. The van der Waals surface area contributed by atoms with Gasteiger partial charge in [0.1, 0.15) is 12.4 Å². The Morgan fingerprint density at radius 3 is 1.68 bits per heavy atom. The third kappa shape index (κ3) is 11.9. The lowest BCUT2D eigenvalue weighted by Gasteiger charge is -2.32. The van der Waals surface area contributed by atoms with Crippen molar-refractivity contribution in [1.29, 1.82) is 0 Å². The van der Waals surface area contributed by atoms with E-state index in [4.69, 9.17) is 18.9 Å². The SMILES string of the molecule is CCCCCCCCCCCCCCCc1cccc(OCCOC)c1C1C(C(=O)OCC)=C(C)NC(C)=C1C(=O)OCC. The minimum atomic E-state index is -0.676. The number of carbonyl (C=O) groups is 2. The number of benzene rings is 1. The molecule has 0 unspecified atom stereocenters. The maximum Gasteiger partial charge on any atom is 0.336 e. The minimum absolute atomic E-state index is 0.234. The number of ether oxygens (including phenoxy) is 4. The molecule has 1 aliphatic rings. The van der Waals surface area contributed by atoms with Crippen LogP contribution in [0, 0.1) is 0 Å². The van der Waals surface area contributed by atoms with Crippen LogP contribution in [0.15, 0.2) is 40.7 Å². The number of aryl methyl sites for hydroxylation is 1. The predicted molar refractivity (Wildman–Crippen MR) is 178 cm³/mol. The second-order valence-corrected chi connectivity index (χ2v) is 11.7. The molecule has 1 N–H and O–H groups in total. The second-order valence-electron chi connectivity index (χ2n) is 11.7. The van der Waals surface area contributed by atoms with E-state index in [9.17, 15) is 9.59 Å². The van der Waals surface area contributed by atoms with Crippen molar-refractivity contribution >= 4 is 11.9 Å². The number of methoxy groups -OCH3 is 1. The average Bonchev–Trinajstić information content (AvgIpc) is 2.99. The number of dihydropyridines is 1. The molecule has 0 bridgehead atoms. The Kier molecular flexibility index (Phi) is 18.5. The molecule has 0 atom stereocenters. The number of hydrogen-bond acceptors (Lipinski definition) is 7. The summed E-state index contributed by atoms with van der Waals surface area (Å²) in [5.74, 6) is -0.929. The summed E-state index contributed by atoms with van der Waals surface area (Å²) in [4.78, 5) is 26.9. The van der Waals surface area contributed by atoms with Gasteiger partial charge in [-0.05, 0) is 52.2 Å². The van der Waals surface area contributed by atoms with Crippen LogP contribution in [-0.4, -0.2) is 45.5 Å². The maximum absolute atomic E-state index is 13.4. The van der Waals surface area contributed by atoms with Crippen molar-refractivity contribution in [1.82, 2.24) is 5.32 Å². The van der Waals surface area contributed by atoms with Crippen molar-refractivity contribution in [2.24, 2.45) is 0 Å². The Balaban J connectivity index is 2.23. The fourth-order valence-corrected chi connectivity index (χ4v) is 6.07. The molecule has 1 aliphatic heterocycles. The average molecular weight is 614 g/mol. The molecule has 1 heterocycles. The summed E-state index contributed by atoms with van der Waals surface area (Å²) in [5.41, 5.74) is 4.05. The van der Waals surface area contributed by atoms with Gasteiger partial charge in [0.15, 0.2) is 0 Å². The van der Waals surface area contributed by atoms with Gasteiger partial charge in [0, 0.05) is 24.1 Å². The summed E-state index contributed by atoms with van der Waals surface area (Å²) >= 11 is 0. The normalized spacial score (nSPS) is 13.7. The Hall–Kier alpha value is -2.80. The Morgan fingerprint density at radius 1 is 0.705 bits per heavy atom. The summed E-state index contributed by atoms with van der Waals surface area (Å²) < 4.78 is 22.5. The number of allylic oxidation sites excluding steroid dienone is 2. The molecule has 0 fully saturated rings. The van der Waals surface area contributed by atoms with Crippen LogP contribution < -0.4 is 10.1 Å². The van der Waals surface area contributed by atoms with Crippen molar-refractivity contribution in [3.05, 3.63) is 51.9 Å². The zero-order valence-electron chi connectivity index (χ0n) is 28.5. The monoisotopic (exact) mass is 613 g/mol. The quantitative estimate of drug-likeness (QED) is 0.0976. The van der Waals surface area contributed by atoms with Crippen LogP contribution in [-0.2, 0) is 30.2 Å². The summed E-state index contributed by atoms with van der Waals surface area (Å²) in [5, 5.41) is 3.24. The van der Waals surface area contributed by atoms with Crippen LogP contribution in [0.1, 0.15) is 135 Å². The van der Waals surface area contributed by atoms with Gasteiger partial charge >= 0.3 is 11.9 Å². The highest BCUT2D eigenvalue weighted by Gasteiger charge is 2.40. The van der Waals surface area contributed by atoms with Gasteiger partial charge in [0.25, 0.3) is 0 Å². The second kappa shape index (κ2) is 21.8. The van der Waals surface area contributed by atoms with E-state index >= 15 is 0 Å². The first-order chi connectivity index (χ1) is 21.4. The van der Waals surface area contributed by atoms with E-state index in [2.05, 4.69) is 18.3 Å². The molecule has 0 radical (unpaired) electrons. The molecule has 44 heavy (non-hydrogen) atoms. The molecular weight excluding hydrogens is 554 g/mol. The summed E-state index contributed by atoms with van der Waals surface area (Å²) in [6.07, 6.45) is 17.7. The van der Waals surface area contributed by atoms with Gasteiger partial charge in [-0.15, -0.1) is 0 Å². The summed E-state index contributed by atoms with van der Waals surface area (Å²) in [6, 6.07) is 6.00. The van der Waals surface area contributed by atoms with Gasteiger partial charge < -0.3 is 24.3 Å². The number of hydrogen-bond donors (Lipinski definition) is 1. The molecule has 0 aliphatic carbocycles. The lowest BCUT2D eigenvalue weighted by atomic mass is 9.77. The minimum Gasteiger partial charge on any atom is -0.491 e. The molecule has 7 nitrogen and oxygen atoms in total. The molecule has 1 aromatic rings. The van der Waals surface area contributed by atoms with Gasteiger partial charge in [-0.2, -0.15) is 0 Å². The third-order valence-electron chi connectivity index (χ3n) is 8.29. The highest BCUT2D eigenvalue weighted by Crippen LogP contribution is 2.45. The molecule has 0 saturated carbocycles. The fraction of sp³-hybridized carbons (Fsp3) is 0.676. The number of unbranched alkanes of at least 4 members (excludes halogenated alkanes) is 12. The Bertz CT molecular complexity index is 1040. The molecule has 0 amide bonds. The highest BCUT2D eigenvalue weighted by atomic mass is 16.5. The van der Waals surface area contributed by atoms with Crippen LogP contribution in [0.2, 0.25) is 0 Å². The van der Waals surface area contributed by atoms with Crippen LogP contribution in [0.4, 0.5) is 0 Å². The lowest BCUT2D eigenvalue weighted by Crippen LogP contribution is -2.33. The third-order valence-corrected chi connectivity index (χ3v) is 8.29. The predicted octanol–water partition coefficient (Wildman–Crippen LogP) is 8.71. The van der Waals surface area contributed by atoms with Gasteiger partial charge in [-0.25, -0.2) is 9.59 Å². The van der Waals surface area contributed by atoms with Crippen molar-refractivity contribution in [3.8, 4) is 5.75 Å². The van der Waals surface area contributed by atoms with Crippen molar-refractivity contribution in [2.45, 2.75) is 130 Å².